The van der Waals surface area contributed by atoms with Crippen LogP contribution in [-0.2, 0) is 6.54 Å². The Hall–Kier alpha value is -1.09. The molecule has 2 rings (SSSR count). The van der Waals surface area contributed by atoms with Crippen LogP contribution in [0.15, 0.2) is 18.2 Å². The van der Waals surface area contributed by atoms with Gasteiger partial charge in [-0.3, -0.25) is 4.90 Å². The SMILES string of the molecule is CCC1CCN(Cc2ccc(F)cc2N)CC1. The van der Waals surface area contributed by atoms with Gasteiger partial charge < -0.3 is 5.73 Å². The Morgan fingerprint density at radius 1 is 1.35 bits per heavy atom. The molecule has 0 amide bonds. The van der Waals surface area contributed by atoms with Crippen molar-refractivity contribution in [1.82, 2.24) is 4.90 Å². The molecule has 1 saturated heterocycles. The number of hydrogen-bond acceptors (Lipinski definition) is 2. The molecule has 2 nitrogen and oxygen atoms in total. The zero-order chi connectivity index (χ0) is 12.3. The Balaban J connectivity index is 1.93. The van der Waals surface area contributed by atoms with Crippen LogP contribution in [0.5, 0.6) is 0 Å². The van der Waals surface area contributed by atoms with E-state index in [1.165, 1.54) is 31.4 Å². The number of rotatable bonds is 3. The van der Waals surface area contributed by atoms with Gasteiger partial charge in [0.05, 0.1) is 0 Å². The molecule has 1 aromatic rings. The van der Waals surface area contributed by atoms with Crippen molar-refractivity contribution in [3.05, 3.63) is 29.6 Å². The molecule has 94 valence electrons. The summed E-state index contributed by atoms with van der Waals surface area (Å²) in [5.74, 6) is 0.632. The first-order chi connectivity index (χ1) is 8.19. The zero-order valence-electron chi connectivity index (χ0n) is 10.5. The molecule has 0 aromatic heterocycles. The second-order valence-corrected chi connectivity index (χ2v) is 4.97. The molecular weight excluding hydrogens is 215 g/mol. The number of nitrogens with two attached hydrogens (primary N) is 1. The largest absolute Gasteiger partial charge is 0.398 e. The fourth-order valence-electron chi connectivity index (χ4n) is 2.50. The topological polar surface area (TPSA) is 29.3 Å². The lowest BCUT2D eigenvalue weighted by atomic mass is 9.94. The number of likely N-dealkylation sites (tertiary alicyclic amines) is 1. The second-order valence-electron chi connectivity index (χ2n) is 4.97. The van der Waals surface area contributed by atoms with Gasteiger partial charge in [0, 0.05) is 12.2 Å². The average Bonchev–Trinajstić information content (AvgIpc) is 2.34. The van der Waals surface area contributed by atoms with Gasteiger partial charge in [0.25, 0.3) is 0 Å². The van der Waals surface area contributed by atoms with E-state index in [1.807, 2.05) is 0 Å². The summed E-state index contributed by atoms with van der Waals surface area (Å²) in [5.41, 5.74) is 7.44. The molecule has 0 aliphatic carbocycles. The Bertz CT molecular complexity index is 370. The third-order valence-electron chi connectivity index (χ3n) is 3.79. The molecule has 0 radical (unpaired) electrons. The second kappa shape index (κ2) is 5.50. The average molecular weight is 236 g/mol. The van der Waals surface area contributed by atoms with E-state index in [-0.39, 0.29) is 5.82 Å². The molecule has 1 aliphatic heterocycles. The number of nitrogens with zero attached hydrogens (tertiary/aromatic N) is 1. The highest BCUT2D eigenvalue weighted by molar-refractivity contribution is 5.46. The lowest BCUT2D eigenvalue weighted by molar-refractivity contribution is 0.175. The number of anilines is 1. The minimum Gasteiger partial charge on any atom is -0.398 e. The first-order valence-electron chi connectivity index (χ1n) is 6.45. The monoisotopic (exact) mass is 236 g/mol. The third-order valence-corrected chi connectivity index (χ3v) is 3.79. The maximum Gasteiger partial charge on any atom is 0.125 e. The predicted octanol–water partition coefficient (Wildman–Crippen LogP) is 3.03. The molecule has 0 unspecified atom stereocenters. The number of piperidine rings is 1. The molecule has 0 bridgehead atoms. The quantitative estimate of drug-likeness (QED) is 0.817. The first kappa shape index (κ1) is 12.4. The minimum atomic E-state index is -0.254. The summed E-state index contributed by atoms with van der Waals surface area (Å²) < 4.78 is 12.9. The molecule has 1 aromatic carbocycles. The normalized spacial score (nSPS) is 18.5. The van der Waals surface area contributed by atoms with Crippen molar-refractivity contribution in [2.24, 2.45) is 5.92 Å². The molecule has 1 fully saturated rings. The third kappa shape index (κ3) is 3.19. The molecule has 0 saturated carbocycles. The molecule has 1 heterocycles. The van der Waals surface area contributed by atoms with Crippen LogP contribution >= 0.6 is 0 Å². The van der Waals surface area contributed by atoms with E-state index in [0.717, 1.165) is 31.1 Å². The molecule has 0 atom stereocenters. The van der Waals surface area contributed by atoms with Crippen LogP contribution in [0.2, 0.25) is 0 Å². The Morgan fingerprint density at radius 2 is 2.06 bits per heavy atom. The number of nitrogen functional groups attached to an aromatic ring is 1. The van der Waals surface area contributed by atoms with Crippen molar-refractivity contribution in [1.29, 1.82) is 0 Å². The summed E-state index contributed by atoms with van der Waals surface area (Å²) in [6, 6.07) is 4.70. The Kier molecular flexibility index (Phi) is 4.00. The van der Waals surface area contributed by atoms with Crippen molar-refractivity contribution < 1.29 is 4.39 Å². The van der Waals surface area contributed by atoms with Crippen molar-refractivity contribution >= 4 is 5.69 Å². The highest BCUT2D eigenvalue weighted by Crippen LogP contribution is 2.23. The van der Waals surface area contributed by atoms with Gasteiger partial charge in [0.1, 0.15) is 5.82 Å². The van der Waals surface area contributed by atoms with Crippen molar-refractivity contribution in [2.45, 2.75) is 32.7 Å². The maximum absolute atomic E-state index is 12.9. The van der Waals surface area contributed by atoms with E-state index in [1.54, 1.807) is 6.07 Å². The molecular formula is C14H21FN2. The summed E-state index contributed by atoms with van der Waals surface area (Å²) in [4.78, 5) is 2.41. The fourth-order valence-corrected chi connectivity index (χ4v) is 2.50. The van der Waals surface area contributed by atoms with E-state index in [9.17, 15) is 4.39 Å². The van der Waals surface area contributed by atoms with Gasteiger partial charge in [0.15, 0.2) is 0 Å². The van der Waals surface area contributed by atoms with Crippen LogP contribution in [0.1, 0.15) is 31.7 Å². The van der Waals surface area contributed by atoms with Gasteiger partial charge in [-0.1, -0.05) is 19.4 Å². The van der Waals surface area contributed by atoms with E-state index in [2.05, 4.69) is 11.8 Å². The van der Waals surface area contributed by atoms with E-state index >= 15 is 0 Å². The highest BCUT2D eigenvalue weighted by atomic mass is 19.1. The van der Waals surface area contributed by atoms with Crippen LogP contribution in [0, 0.1) is 11.7 Å². The van der Waals surface area contributed by atoms with Crippen molar-refractivity contribution in [3.63, 3.8) is 0 Å². The van der Waals surface area contributed by atoms with Crippen molar-refractivity contribution in [3.8, 4) is 0 Å². The summed E-state index contributed by atoms with van der Waals surface area (Å²) in [6.45, 7) is 5.38. The van der Waals surface area contributed by atoms with E-state index in [4.69, 9.17) is 5.73 Å². The first-order valence-corrected chi connectivity index (χ1v) is 6.45. The van der Waals surface area contributed by atoms with Gasteiger partial charge >= 0.3 is 0 Å². The molecule has 1 aliphatic rings. The molecule has 0 spiro atoms. The molecule has 3 heteroatoms. The van der Waals surface area contributed by atoms with Gasteiger partial charge in [-0.15, -0.1) is 0 Å². The Morgan fingerprint density at radius 3 is 2.65 bits per heavy atom. The van der Waals surface area contributed by atoms with Crippen LogP contribution in [0.25, 0.3) is 0 Å². The minimum absolute atomic E-state index is 0.254. The number of hydrogen-bond donors (Lipinski definition) is 1. The van der Waals surface area contributed by atoms with Crippen LogP contribution in [0.3, 0.4) is 0 Å². The standard InChI is InChI=1S/C14H21FN2/c1-2-11-5-7-17(8-6-11)10-12-3-4-13(15)9-14(12)16/h3-4,9,11H,2,5-8,10,16H2,1H3. The number of halogens is 1. The van der Waals surface area contributed by atoms with E-state index < -0.39 is 0 Å². The molecule has 17 heavy (non-hydrogen) atoms. The van der Waals surface area contributed by atoms with Crippen LogP contribution in [-0.4, -0.2) is 18.0 Å². The summed E-state index contributed by atoms with van der Waals surface area (Å²) in [6.07, 6.45) is 3.84. The zero-order valence-corrected chi connectivity index (χ0v) is 10.5. The van der Waals surface area contributed by atoms with Crippen LogP contribution < -0.4 is 5.73 Å². The van der Waals surface area contributed by atoms with Gasteiger partial charge in [-0.25, -0.2) is 4.39 Å². The smallest absolute Gasteiger partial charge is 0.125 e. The lowest BCUT2D eigenvalue weighted by Crippen LogP contribution is -2.33. The van der Waals surface area contributed by atoms with Crippen molar-refractivity contribution in [2.75, 3.05) is 18.8 Å². The van der Waals surface area contributed by atoms with Gasteiger partial charge in [-0.2, -0.15) is 0 Å². The summed E-state index contributed by atoms with van der Waals surface area (Å²) in [7, 11) is 0. The van der Waals surface area contributed by atoms with E-state index in [0.29, 0.717) is 5.69 Å². The summed E-state index contributed by atoms with van der Waals surface area (Å²) in [5, 5.41) is 0. The Labute approximate surface area is 103 Å². The lowest BCUT2D eigenvalue weighted by Gasteiger charge is -2.31. The predicted molar refractivity (Wildman–Crippen MR) is 69.1 cm³/mol. The highest BCUT2D eigenvalue weighted by Gasteiger charge is 2.18. The fraction of sp³-hybridized carbons (Fsp3) is 0.571. The van der Waals surface area contributed by atoms with Gasteiger partial charge in [-0.05, 0) is 49.5 Å². The maximum atomic E-state index is 12.9. The summed E-state index contributed by atoms with van der Waals surface area (Å²) >= 11 is 0. The molecule has 2 N–H and O–H groups in total. The number of benzene rings is 1. The van der Waals surface area contributed by atoms with Crippen LogP contribution in [0.4, 0.5) is 10.1 Å². The van der Waals surface area contributed by atoms with Gasteiger partial charge in [0.2, 0.25) is 0 Å².